The number of carbonyl (C=O) groups excluding carboxylic acids is 3. The number of nitrogens with one attached hydrogen (secondary N) is 2. The number of rotatable bonds is 8. The van der Waals surface area contributed by atoms with Crippen LogP contribution in [-0.4, -0.2) is 50.8 Å². The smallest absolute Gasteiger partial charge is 0.254 e. The Morgan fingerprint density at radius 3 is 1.71 bits per heavy atom. The van der Waals surface area contributed by atoms with Gasteiger partial charge in [0.05, 0.1) is 30.5 Å². The SMILES string of the molecule is CCC(=O)N1c2ccccc2[C@H](Nc2ccc(C(=O)N3CCn4c(-c5ccc(N[C@@H]6C[C@H](C)N(C(=O)CC)c7ccccc76)cc5)cnc4C3)cc2)C[C@@H]1C. The average molecular weight is 736 g/mol. The Bertz CT molecular complexity index is 2210. The van der Waals surface area contributed by atoms with Crippen molar-refractivity contribution in [3.63, 3.8) is 0 Å². The molecule has 0 saturated carbocycles. The highest BCUT2D eigenvalue weighted by atomic mass is 16.2. The lowest BCUT2D eigenvalue weighted by molar-refractivity contribution is -0.119. The fourth-order valence-corrected chi connectivity index (χ4v) is 8.69. The van der Waals surface area contributed by atoms with E-state index >= 15 is 0 Å². The van der Waals surface area contributed by atoms with Crippen molar-refractivity contribution >= 4 is 40.5 Å². The van der Waals surface area contributed by atoms with E-state index in [2.05, 4.69) is 65.4 Å². The summed E-state index contributed by atoms with van der Waals surface area (Å²) < 4.78 is 2.22. The summed E-state index contributed by atoms with van der Waals surface area (Å²) in [4.78, 5) is 49.7. The normalized spacial score (nSPS) is 20.3. The lowest BCUT2D eigenvalue weighted by Crippen LogP contribution is -2.44. The molecule has 8 rings (SSSR count). The molecule has 0 aliphatic carbocycles. The Morgan fingerprint density at radius 1 is 0.673 bits per heavy atom. The Balaban J connectivity index is 0.910. The summed E-state index contributed by atoms with van der Waals surface area (Å²) in [6, 6.07) is 32.9. The lowest BCUT2D eigenvalue weighted by atomic mass is 9.91. The second-order valence-electron chi connectivity index (χ2n) is 15.0. The molecule has 4 aromatic carbocycles. The molecular formula is C45H49N7O3. The highest BCUT2D eigenvalue weighted by Gasteiger charge is 2.34. The molecule has 1 aromatic heterocycles. The van der Waals surface area contributed by atoms with Crippen LogP contribution in [-0.2, 0) is 22.7 Å². The van der Waals surface area contributed by atoms with Crippen molar-refractivity contribution in [3.8, 4) is 11.3 Å². The second kappa shape index (κ2) is 15.1. The molecule has 10 heteroatoms. The molecule has 0 radical (unpaired) electrons. The average Bonchev–Trinajstić information content (AvgIpc) is 3.64. The maximum atomic E-state index is 13.7. The maximum Gasteiger partial charge on any atom is 0.254 e. The van der Waals surface area contributed by atoms with Crippen LogP contribution in [0.2, 0.25) is 0 Å². The summed E-state index contributed by atoms with van der Waals surface area (Å²) in [7, 11) is 0. The van der Waals surface area contributed by atoms with Gasteiger partial charge in [-0.25, -0.2) is 4.98 Å². The number of nitrogens with zero attached hydrogens (tertiary/aromatic N) is 5. The predicted octanol–water partition coefficient (Wildman–Crippen LogP) is 8.58. The zero-order chi connectivity index (χ0) is 38.2. The first-order valence-corrected chi connectivity index (χ1v) is 19.6. The van der Waals surface area contributed by atoms with Gasteiger partial charge in [0.1, 0.15) is 5.82 Å². The molecule has 4 heterocycles. The highest BCUT2D eigenvalue weighted by Crippen LogP contribution is 2.41. The molecule has 0 spiro atoms. The quantitative estimate of drug-likeness (QED) is 0.166. The van der Waals surface area contributed by atoms with Crippen molar-refractivity contribution in [1.29, 1.82) is 0 Å². The summed E-state index contributed by atoms with van der Waals surface area (Å²) in [5.74, 6) is 1.15. The van der Waals surface area contributed by atoms with Crippen LogP contribution in [0.25, 0.3) is 11.3 Å². The number of aromatic nitrogens is 2. The van der Waals surface area contributed by atoms with Gasteiger partial charge in [0, 0.05) is 66.3 Å². The fourth-order valence-electron chi connectivity index (χ4n) is 8.69. The van der Waals surface area contributed by atoms with Crippen molar-refractivity contribution < 1.29 is 14.4 Å². The number of amides is 3. The summed E-state index contributed by atoms with van der Waals surface area (Å²) >= 11 is 0. The molecule has 55 heavy (non-hydrogen) atoms. The Kier molecular flexibility index (Phi) is 9.90. The molecular weight excluding hydrogens is 687 g/mol. The lowest BCUT2D eigenvalue weighted by Gasteiger charge is -2.40. The van der Waals surface area contributed by atoms with Crippen LogP contribution in [0.3, 0.4) is 0 Å². The van der Waals surface area contributed by atoms with E-state index < -0.39 is 0 Å². The van der Waals surface area contributed by atoms with Crippen molar-refractivity contribution in [2.45, 2.75) is 90.6 Å². The predicted molar refractivity (Wildman–Crippen MR) is 218 cm³/mol. The number of hydrogen-bond acceptors (Lipinski definition) is 6. The van der Waals surface area contributed by atoms with Gasteiger partial charge >= 0.3 is 0 Å². The zero-order valence-electron chi connectivity index (χ0n) is 32.0. The summed E-state index contributed by atoms with van der Waals surface area (Å²) in [5, 5.41) is 7.39. The first-order chi connectivity index (χ1) is 26.7. The maximum absolute atomic E-state index is 13.7. The van der Waals surface area contributed by atoms with Crippen LogP contribution in [0.5, 0.6) is 0 Å². The number of fused-ring (bicyclic) bond motifs is 3. The van der Waals surface area contributed by atoms with E-state index in [-0.39, 0.29) is 41.9 Å². The van der Waals surface area contributed by atoms with E-state index in [0.717, 1.165) is 63.8 Å². The molecule has 2 N–H and O–H groups in total. The van der Waals surface area contributed by atoms with Crippen LogP contribution in [0.15, 0.2) is 103 Å². The van der Waals surface area contributed by atoms with Gasteiger partial charge in [-0.05, 0) is 91.9 Å². The van der Waals surface area contributed by atoms with Gasteiger partial charge in [0.25, 0.3) is 5.91 Å². The van der Waals surface area contributed by atoms with Gasteiger partial charge in [-0.2, -0.15) is 0 Å². The summed E-state index contributed by atoms with van der Waals surface area (Å²) in [6.07, 6.45) is 4.49. The van der Waals surface area contributed by atoms with Crippen LogP contribution >= 0.6 is 0 Å². The number of benzene rings is 4. The number of carbonyl (C=O) groups is 3. The van der Waals surface area contributed by atoms with E-state index in [0.29, 0.717) is 38.0 Å². The topological polar surface area (TPSA) is 103 Å². The first-order valence-electron chi connectivity index (χ1n) is 19.6. The molecule has 4 atom stereocenters. The molecule has 0 unspecified atom stereocenters. The van der Waals surface area contributed by atoms with Gasteiger partial charge in [0.15, 0.2) is 0 Å². The van der Waals surface area contributed by atoms with E-state index in [1.54, 1.807) is 0 Å². The van der Waals surface area contributed by atoms with Crippen LogP contribution in [0.1, 0.15) is 92.8 Å². The number of para-hydroxylation sites is 2. The van der Waals surface area contributed by atoms with E-state index in [4.69, 9.17) is 4.98 Å². The van der Waals surface area contributed by atoms with Crippen molar-refractivity contribution in [1.82, 2.24) is 14.5 Å². The van der Waals surface area contributed by atoms with Crippen molar-refractivity contribution in [2.24, 2.45) is 0 Å². The minimum atomic E-state index is -0.0103. The van der Waals surface area contributed by atoms with Gasteiger partial charge in [-0.1, -0.05) is 62.4 Å². The minimum Gasteiger partial charge on any atom is -0.378 e. The Morgan fingerprint density at radius 2 is 1.18 bits per heavy atom. The molecule has 10 nitrogen and oxygen atoms in total. The van der Waals surface area contributed by atoms with Gasteiger partial charge in [0.2, 0.25) is 11.8 Å². The third kappa shape index (κ3) is 6.86. The number of hydrogen-bond donors (Lipinski definition) is 2. The standard InChI is InChI=1S/C45H49N7O3/c1-5-43(53)51-29(3)25-37(35-11-7-9-13-39(35)51)47-33-19-15-31(16-20-33)41-27-46-42-28-49(23-24-50(41)42)45(55)32-17-21-34(22-18-32)48-38-26-30(4)52(44(54)6-2)40-14-10-8-12-36(38)40/h7-22,27,29-30,37-38,47-48H,5-6,23-26,28H2,1-4H3/t29-,30-,37+,38+/m0/s1. The minimum absolute atomic E-state index is 0.0103. The third-order valence-corrected chi connectivity index (χ3v) is 11.5. The molecule has 0 fully saturated rings. The number of imidazole rings is 1. The fraction of sp³-hybridized carbons (Fsp3) is 0.333. The second-order valence-corrected chi connectivity index (χ2v) is 15.0. The Labute approximate surface area is 323 Å². The first kappa shape index (κ1) is 36.1. The van der Waals surface area contributed by atoms with E-state index in [1.165, 1.54) is 0 Å². The largest absolute Gasteiger partial charge is 0.378 e. The van der Waals surface area contributed by atoms with E-state index in [1.807, 2.05) is 95.4 Å². The monoisotopic (exact) mass is 735 g/mol. The highest BCUT2D eigenvalue weighted by molar-refractivity contribution is 5.96. The van der Waals surface area contributed by atoms with Gasteiger partial charge in [-0.15, -0.1) is 0 Å². The van der Waals surface area contributed by atoms with Gasteiger partial charge < -0.3 is 29.9 Å². The van der Waals surface area contributed by atoms with E-state index in [9.17, 15) is 14.4 Å². The molecule has 3 amide bonds. The molecule has 3 aliphatic heterocycles. The third-order valence-electron chi connectivity index (χ3n) is 11.5. The molecule has 0 bridgehead atoms. The summed E-state index contributed by atoms with van der Waals surface area (Å²) in [6.45, 7) is 9.75. The Hall–Kier alpha value is -5.90. The zero-order valence-corrected chi connectivity index (χ0v) is 32.0. The van der Waals surface area contributed by atoms with Crippen LogP contribution < -0.4 is 20.4 Å². The summed E-state index contributed by atoms with van der Waals surface area (Å²) in [5.41, 5.74) is 8.92. The van der Waals surface area contributed by atoms with Gasteiger partial charge in [-0.3, -0.25) is 14.4 Å². The molecule has 3 aliphatic rings. The van der Waals surface area contributed by atoms with Crippen molar-refractivity contribution in [2.75, 3.05) is 27.0 Å². The van der Waals surface area contributed by atoms with Crippen LogP contribution in [0, 0.1) is 0 Å². The molecule has 0 saturated heterocycles. The molecule has 282 valence electrons. The molecule has 5 aromatic rings. The van der Waals surface area contributed by atoms with Crippen molar-refractivity contribution in [3.05, 3.63) is 126 Å². The van der Waals surface area contributed by atoms with Crippen LogP contribution in [0.4, 0.5) is 22.7 Å². The number of anilines is 4.